The molecule has 1 atom stereocenters. The minimum Gasteiger partial charge on any atom is -0.355 e. The van der Waals surface area contributed by atoms with Crippen molar-refractivity contribution in [3.05, 3.63) is 64.1 Å². The maximum Gasteiger partial charge on any atom is 0.243 e. The van der Waals surface area contributed by atoms with Crippen molar-refractivity contribution in [1.29, 1.82) is 0 Å². The fourth-order valence-corrected chi connectivity index (χ4v) is 6.49. The lowest BCUT2D eigenvalue weighted by Crippen LogP contribution is -2.45. The molecule has 0 saturated carbocycles. The summed E-state index contributed by atoms with van der Waals surface area (Å²) in [4.78, 5) is 12.8. The fourth-order valence-electron chi connectivity index (χ4n) is 3.35. The van der Waals surface area contributed by atoms with Gasteiger partial charge in [-0.15, -0.1) is 0 Å². The summed E-state index contributed by atoms with van der Waals surface area (Å²) in [5, 5.41) is 4.21. The van der Waals surface area contributed by atoms with Crippen molar-refractivity contribution in [1.82, 2.24) is 9.62 Å². The van der Waals surface area contributed by atoms with Gasteiger partial charge in [0.1, 0.15) is 0 Å². The highest BCUT2D eigenvalue weighted by molar-refractivity contribution is 7.98. The van der Waals surface area contributed by atoms with Gasteiger partial charge >= 0.3 is 0 Å². The van der Waals surface area contributed by atoms with E-state index in [0.717, 1.165) is 5.56 Å². The van der Waals surface area contributed by atoms with E-state index in [2.05, 4.69) is 5.32 Å². The second kappa shape index (κ2) is 10.9. The van der Waals surface area contributed by atoms with Gasteiger partial charge in [-0.3, -0.25) is 4.79 Å². The van der Waals surface area contributed by atoms with Gasteiger partial charge in [0, 0.05) is 41.2 Å². The number of thioether (sulfide) groups is 1. The maximum atomic E-state index is 12.8. The third-order valence-electron chi connectivity index (χ3n) is 4.99. The van der Waals surface area contributed by atoms with Crippen molar-refractivity contribution in [2.45, 2.75) is 23.5 Å². The average Bonchev–Trinajstić information content (AvgIpc) is 2.76. The normalized spacial score (nSPS) is 17.6. The minimum absolute atomic E-state index is 0.0978. The summed E-state index contributed by atoms with van der Waals surface area (Å²) in [7, 11) is -3.57. The van der Waals surface area contributed by atoms with Crippen molar-refractivity contribution in [3.63, 3.8) is 0 Å². The summed E-state index contributed by atoms with van der Waals surface area (Å²) in [6.45, 7) is 1.16. The number of benzene rings is 2. The third kappa shape index (κ3) is 5.92. The molecule has 1 aliphatic heterocycles. The largest absolute Gasteiger partial charge is 0.355 e. The number of hydrogen-bond acceptors (Lipinski definition) is 4. The van der Waals surface area contributed by atoms with Crippen LogP contribution in [0.25, 0.3) is 0 Å². The minimum atomic E-state index is -3.57. The van der Waals surface area contributed by atoms with Crippen LogP contribution in [0.15, 0.2) is 53.4 Å². The molecule has 1 aliphatic rings. The van der Waals surface area contributed by atoms with Crippen LogP contribution < -0.4 is 5.32 Å². The van der Waals surface area contributed by atoms with Crippen LogP contribution in [-0.4, -0.2) is 44.0 Å². The highest BCUT2D eigenvalue weighted by atomic mass is 35.5. The van der Waals surface area contributed by atoms with Crippen LogP contribution in [0, 0.1) is 5.92 Å². The van der Waals surface area contributed by atoms with Crippen LogP contribution in [-0.2, 0) is 20.6 Å². The molecule has 9 heteroatoms. The van der Waals surface area contributed by atoms with Crippen molar-refractivity contribution in [2.75, 3.05) is 25.4 Å². The SMILES string of the molecule is O=C(NCCSCc1c(Cl)cccc1Cl)[C@H]1CCCN(S(=O)(=O)c2ccccc2)C1. The summed E-state index contributed by atoms with van der Waals surface area (Å²) in [6.07, 6.45) is 1.36. The Morgan fingerprint density at radius 3 is 2.50 bits per heavy atom. The summed E-state index contributed by atoms with van der Waals surface area (Å²) in [5.74, 6) is 0.951. The Morgan fingerprint density at radius 2 is 1.80 bits per heavy atom. The van der Waals surface area contributed by atoms with Crippen LogP contribution in [0.4, 0.5) is 0 Å². The monoisotopic (exact) mass is 486 g/mol. The number of carbonyl (C=O) groups is 1. The number of nitrogens with one attached hydrogen (secondary N) is 1. The van der Waals surface area contributed by atoms with Gasteiger partial charge in [-0.05, 0) is 42.7 Å². The zero-order valence-corrected chi connectivity index (χ0v) is 19.5. The molecule has 2 aromatic carbocycles. The van der Waals surface area contributed by atoms with Gasteiger partial charge < -0.3 is 5.32 Å². The van der Waals surface area contributed by atoms with Crippen molar-refractivity contribution in [3.8, 4) is 0 Å². The Labute approximate surface area is 192 Å². The Balaban J connectivity index is 1.46. The van der Waals surface area contributed by atoms with Gasteiger partial charge in [-0.25, -0.2) is 8.42 Å². The average molecular weight is 487 g/mol. The van der Waals surface area contributed by atoms with Gasteiger partial charge in [-0.2, -0.15) is 16.1 Å². The van der Waals surface area contributed by atoms with Crippen LogP contribution in [0.3, 0.4) is 0 Å². The Kier molecular flexibility index (Phi) is 8.48. The second-order valence-corrected chi connectivity index (χ2v) is 10.9. The molecule has 162 valence electrons. The Hall–Kier alpha value is -1.25. The van der Waals surface area contributed by atoms with Gasteiger partial charge in [0.15, 0.2) is 0 Å². The molecule has 30 heavy (non-hydrogen) atoms. The molecule has 2 aromatic rings. The molecule has 0 aliphatic carbocycles. The number of sulfonamides is 1. The molecular weight excluding hydrogens is 463 g/mol. The van der Waals surface area contributed by atoms with E-state index in [-0.39, 0.29) is 23.3 Å². The lowest BCUT2D eigenvalue weighted by molar-refractivity contribution is -0.125. The lowest BCUT2D eigenvalue weighted by atomic mass is 9.99. The number of halogens is 2. The molecule has 1 saturated heterocycles. The molecule has 1 N–H and O–H groups in total. The van der Waals surface area contributed by atoms with Gasteiger partial charge in [0.25, 0.3) is 0 Å². The van der Waals surface area contributed by atoms with Crippen LogP contribution in [0.2, 0.25) is 10.0 Å². The highest BCUT2D eigenvalue weighted by Crippen LogP contribution is 2.28. The number of rotatable bonds is 8. The van der Waals surface area contributed by atoms with Crippen molar-refractivity contribution in [2.24, 2.45) is 5.92 Å². The molecular formula is C21H24Cl2N2O3S2. The smallest absolute Gasteiger partial charge is 0.243 e. The third-order valence-corrected chi connectivity index (χ3v) is 8.56. The van der Waals surface area contributed by atoms with E-state index in [4.69, 9.17) is 23.2 Å². The Morgan fingerprint density at radius 1 is 1.10 bits per heavy atom. The standard InChI is InChI=1S/C21H24Cl2N2O3S2/c22-19-9-4-10-20(23)18(19)15-29-13-11-24-21(26)16-6-5-12-25(14-16)30(27,28)17-7-2-1-3-8-17/h1-4,7-10,16H,5-6,11-15H2,(H,24,26)/t16-/m0/s1. The van der Waals surface area contributed by atoms with Gasteiger partial charge in [-0.1, -0.05) is 47.5 Å². The number of piperidine rings is 1. The number of nitrogens with zero attached hydrogens (tertiary/aromatic N) is 1. The molecule has 0 radical (unpaired) electrons. The van der Waals surface area contributed by atoms with E-state index in [1.165, 1.54) is 4.31 Å². The molecule has 1 heterocycles. The van der Waals surface area contributed by atoms with E-state index in [9.17, 15) is 13.2 Å². The summed E-state index contributed by atoms with van der Waals surface area (Å²) in [5.41, 5.74) is 0.895. The summed E-state index contributed by atoms with van der Waals surface area (Å²) < 4.78 is 27.0. The molecule has 1 amide bonds. The molecule has 5 nitrogen and oxygen atoms in total. The van der Waals surface area contributed by atoms with E-state index in [0.29, 0.717) is 47.5 Å². The highest BCUT2D eigenvalue weighted by Gasteiger charge is 2.33. The predicted molar refractivity (Wildman–Crippen MR) is 124 cm³/mol. The van der Waals surface area contributed by atoms with Crippen molar-refractivity contribution < 1.29 is 13.2 Å². The van der Waals surface area contributed by atoms with Gasteiger partial charge in [0.2, 0.25) is 15.9 Å². The van der Waals surface area contributed by atoms with E-state index >= 15 is 0 Å². The molecule has 3 rings (SSSR count). The van der Waals surface area contributed by atoms with Gasteiger partial charge in [0.05, 0.1) is 10.8 Å². The first-order valence-electron chi connectivity index (χ1n) is 9.73. The van der Waals surface area contributed by atoms with Crippen molar-refractivity contribution >= 4 is 50.9 Å². The van der Waals surface area contributed by atoms with E-state index in [1.54, 1.807) is 42.1 Å². The topological polar surface area (TPSA) is 66.5 Å². The quantitative estimate of drug-likeness (QED) is 0.559. The molecule has 0 aromatic heterocycles. The number of amides is 1. The summed E-state index contributed by atoms with van der Waals surface area (Å²) >= 11 is 14.0. The van der Waals surface area contributed by atoms with Crippen LogP contribution in [0.1, 0.15) is 18.4 Å². The summed E-state index contributed by atoms with van der Waals surface area (Å²) in [6, 6.07) is 13.8. The predicted octanol–water partition coefficient (Wildman–Crippen LogP) is 4.44. The molecule has 0 bridgehead atoms. The second-order valence-electron chi connectivity index (χ2n) is 7.06. The lowest BCUT2D eigenvalue weighted by Gasteiger charge is -2.31. The Bertz CT molecular complexity index is 951. The maximum absolute atomic E-state index is 12.8. The molecule has 0 spiro atoms. The van der Waals surface area contributed by atoms with E-state index < -0.39 is 10.0 Å². The first kappa shape index (κ1) is 23.4. The first-order valence-corrected chi connectivity index (χ1v) is 13.1. The van der Waals surface area contributed by atoms with Crippen LogP contribution >= 0.6 is 35.0 Å². The van der Waals surface area contributed by atoms with E-state index in [1.807, 2.05) is 18.2 Å². The zero-order valence-electron chi connectivity index (χ0n) is 16.4. The molecule has 1 fully saturated rings. The fraction of sp³-hybridized carbons (Fsp3) is 0.381. The molecule has 0 unspecified atom stereocenters. The number of carbonyl (C=O) groups excluding carboxylic acids is 1. The number of hydrogen-bond donors (Lipinski definition) is 1. The zero-order chi connectivity index (χ0) is 21.6. The first-order chi connectivity index (χ1) is 14.4. The van der Waals surface area contributed by atoms with Crippen LogP contribution in [0.5, 0.6) is 0 Å².